The van der Waals surface area contributed by atoms with E-state index in [1.807, 2.05) is 27.8 Å². The van der Waals surface area contributed by atoms with Crippen molar-refractivity contribution in [1.29, 1.82) is 0 Å². The third kappa shape index (κ3) is 2.03. The minimum absolute atomic E-state index is 0.0297. The van der Waals surface area contributed by atoms with Crippen LogP contribution in [-0.2, 0) is 23.0 Å². The Morgan fingerprint density at radius 2 is 2.10 bits per heavy atom. The van der Waals surface area contributed by atoms with Gasteiger partial charge in [0.2, 0.25) is 5.95 Å². The van der Waals surface area contributed by atoms with Gasteiger partial charge in [0.15, 0.2) is 5.65 Å². The normalized spacial score (nSPS) is 13.1. The zero-order valence-electron chi connectivity index (χ0n) is 12.5. The molecule has 0 spiro atoms. The Balaban J connectivity index is 2.72. The molecule has 1 atom stereocenters. The van der Waals surface area contributed by atoms with Gasteiger partial charge in [0, 0.05) is 7.05 Å². The van der Waals surface area contributed by atoms with Crippen molar-refractivity contribution in [2.75, 3.05) is 12.8 Å². The lowest BCUT2D eigenvalue weighted by Gasteiger charge is -2.21. The molecule has 2 N–H and O–H groups in total. The van der Waals surface area contributed by atoms with E-state index >= 15 is 0 Å². The summed E-state index contributed by atoms with van der Waals surface area (Å²) >= 11 is 0. The molecule has 2 aromatic heterocycles. The van der Waals surface area contributed by atoms with Crippen LogP contribution in [0.15, 0.2) is 0 Å². The molecule has 0 radical (unpaired) electrons. The number of ether oxygens (including phenoxy) is 1. The molecule has 110 valence electrons. The van der Waals surface area contributed by atoms with E-state index in [1.54, 1.807) is 9.25 Å². The van der Waals surface area contributed by atoms with Crippen LogP contribution in [0.2, 0.25) is 0 Å². The average molecular weight is 279 g/mol. The highest BCUT2D eigenvalue weighted by molar-refractivity contribution is 5.82. The van der Waals surface area contributed by atoms with Crippen LogP contribution >= 0.6 is 0 Å². The maximum absolute atomic E-state index is 12.1. The largest absolute Gasteiger partial charge is 0.467 e. The zero-order chi connectivity index (χ0) is 15.0. The summed E-state index contributed by atoms with van der Waals surface area (Å²) in [7, 11) is 3.20. The number of carbonyl (C=O) groups excluding carboxylic acids is 1. The molecule has 0 saturated carbocycles. The van der Waals surface area contributed by atoms with Crippen molar-refractivity contribution in [3.05, 3.63) is 5.69 Å². The van der Waals surface area contributed by atoms with Gasteiger partial charge in [-0.05, 0) is 12.3 Å². The number of nitrogens with zero attached hydrogens (tertiary/aromatic N) is 4. The highest BCUT2D eigenvalue weighted by atomic mass is 16.5. The molecule has 0 aromatic carbocycles. The minimum atomic E-state index is -0.509. The number of hydrogen-bond donors (Lipinski definition) is 1. The predicted octanol–water partition coefficient (Wildman–Crippen LogP) is 1.28. The van der Waals surface area contributed by atoms with E-state index in [4.69, 9.17) is 10.5 Å². The molecule has 2 rings (SSSR count). The fraction of sp³-hybridized carbons (Fsp3) is 0.615. The monoisotopic (exact) mass is 279 g/mol. The van der Waals surface area contributed by atoms with Gasteiger partial charge in [-0.2, -0.15) is 5.10 Å². The third-order valence-corrected chi connectivity index (χ3v) is 3.45. The number of anilines is 1. The van der Waals surface area contributed by atoms with Gasteiger partial charge in [-0.15, -0.1) is 0 Å². The Kier molecular flexibility index (Phi) is 3.69. The summed E-state index contributed by atoms with van der Waals surface area (Å²) in [5.41, 5.74) is 8.40. The lowest BCUT2D eigenvalue weighted by molar-refractivity contribution is -0.145. The van der Waals surface area contributed by atoms with E-state index in [2.05, 4.69) is 10.1 Å². The van der Waals surface area contributed by atoms with Crippen molar-refractivity contribution < 1.29 is 9.53 Å². The van der Waals surface area contributed by atoms with Gasteiger partial charge in [0.05, 0.1) is 12.8 Å². The quantitative estimate of drug-likeness (QED) is 0.852. The molecule has 1 unspecified atom stereocenters. The number of imidazole rings is 1. The molecule has 0 fully saturated rings. The first-order valence-electron chi connectivity index (χ1n) is 6.69. The Bertz CT molecular complexity index is 641. The van der Waals surface area contributed by atoms with Crippen LogP contribution in [0.25, 0.3) is 11.2 Å². The van der Waals surface area contributed by atoms with Crippen LogP contribution in [0.4, 0.5) is 5.95 Å². The van der Waals surface area contributed by atoms with Gasteiger partial charge in [0.1, 0.15) is 11.6 Å². The topological polar surface area (TPSA) is 88.0 Å². The maximum atomic E-state index is 12.1. The molecule has 0 amide bonds. The number of methoxy groups -OCH3 is 1. The number of fused-ring (bicyclic) bond motifs is 1. The van der Waals surface area contributed by atoms with Gasteiger partial charge in [-0.25, -0.2) is 9.78 Å². The molecule has 0 bridgehead atoms. The molecule has 0 aliphatic heterocycles. The number of carbonyl (C=O) groups is 1. The summed E-state index contributed by atoms with van der Waals surface area (Å²) < 4.78 is 8.34. The fourth-order valence-electron chi connectivity index (χ4n) is 2.53. The number of esters is 1. The standard InChI is InChI=1S/C13H21N5O2/c1-6-8-9-11(17(4)16-8)18(13(14)15-9)10(7(2)3)12(19)20-5/h7,10H,6H2,1-5H3,(H2,14,15). The number of nitrogens with two attached hydrogens (primary N) is 1. The van der Waals surface area contributed by atoms with Crippen molar-refractivity contribution in [3.63, 3.8) is 0 Å². The van der Waals surface area contributed by atoms with Gasteiger partial charge in [0.25, 0.3) is 0 Å². The Labute approximate surface area is 117 Å². The second-order valence-electron chi connectivity index (χ2n) is 5.15. The van der Waals surface area contributed by atoms with E-state index in [0.29, 0.717) is 5.95 Å². The van der Waals surface area contributed by atoms with Crippen molar-refractivity contribution >= 4 is 23.1 Å². The summed E-state index contributed by atoms with van der Waals surface area (Å²) in [5.74, 6) is 0.0131. The first kappa shape index (κ1) is 14.4. The summed E-state index contributed by atoms with van der Waals surface area (Å²) in [6, 6.07) is -0.509. The lowest BCUT2D eigenvalue weighted by Crippen LogP contribution is -2.27. The zero-order valence-corrected chi connectivity index (χ0v) is 12.5. The number of aryl methyl sites for hydroxylation is 2. The van der Waals surface area contributed by atoms with Crippen LogP contribution in [0, 0.1) is 5.92 Å². The Morgan fingerprint density at radius 3 is 2.60 bits per heavy atom. The van der Waals surface area contributed by atoms with Gasteiger partial charge >= 0.3 is 5.97 Å². The van der Waals surface area contributed by atoms with Crippen molar-refractivity contribution in [2.24, 2.45) is 13.0 Å². The molecule has 0 aliphatic rings. The molecule has 0 saturated heterocycles. The van der Waals surface area contributed by atoms with E-state index in [0.717, 1.165) is 23.3 Å². The number of rotatable bonds is 4. The third-order valence-electron chi connectivity index (χ3n) is 3.45. The van der Waals surface area contributed by atoms with Crippen molar-refractivity contribution in [1.82, 2.24) is 19.3 Å². The van der Waals surface area contributed by atoms with Gasteiger partial charge < -0.3 is 10.5 Å². The molecular weight excluding hydrogens is 258 g/mol. The van der Waals surface area contributed by atoms with Crippen LogP contribution < -0.4 is 5.73 Å². The van der Waals surface area contributed by atoms with Crippen LogP contribution in [-0.4, -0.2) is 32.4 Å². The molecule has 7 nitrogen and oxygen atoms in total. The second kappa shape index (κ2) is 5.15. The van der Waals surface area contributed by atoms with Crippen LogP contribution in [0.3, 0.4) is 0 Å². The Hall–Kier alpha value is -2.05. The second-order valence-corrected chi connectivity index (χ2v) is 5.15. The average Bonchev–Trinajstić information content (AvgIpc) is 2.88. The summed E-state index contributed by atoms with van der Waals surface area (Å²) in [5, 5.41) is 4.42. The number of aromatic nitrogens is 4. The van der Waals surface area contributed by atoms with E-state index in [1.165, 1.54) is 7.11 Å². The number of nitrogen functional groups attached to an aromatic ring is 1. The first-order chi connectivity index (χ1) is 9.42. The SMILES string of the molecule is CCc1nn(C)c2c1nc(N)n2C(C(=O)OC)C(C)C. The van der Waals surface area contributed by atoms with Crippen molar-refractivity contribution in [2.45, 2.75) is 33.2 Å². The van der Waals surface area contributed by atoms with E-state index < -0.39 is 6.04 Å². The molecule has 7 heteroatoms. The highest BCUT2D eigenvalue weighted by Crippen LogP contribution is 2.29. The lowest BCUT2D eigenvalue weighted by atomic mass is 10.0. The summed E-state index contributed by atoms with van der Waals surface area (Å²) in [6.07, 6.45) is 0.762. The van der Waals surface area contributed by atoms with E-state index in [-0.39, 0.29) is 11.9 Å². The van der Waals surface area contributed by atoms with Crippen LogP contribution in [0.5, 0.6) is 0 Å². The minimum Gasteiger partial charge on any atom is -0.467 e. The Morgan fingerprint density at radius 1 is 1.45 bits per heavy atom. The molecule has 2 aromatic rings. The van der Waals surface area contributed by atoms with Crippen LogP contribution in [0.1, 0.15) is 32.5 Å². The molecule has 2 heterocycles. The fourth-order valence-corrected chi connectivity index (χ4v) is 2.53. The van der Waals surface area contributed by atoms with E-state index in [9.17, 15) is 4.79 Å². The van der Waals surface area contributed by atoms with Crippen molar-refractivity contribution in [3.8, 4) is 0 Å². The highest BCUT2D eigenvalue weighted by Gasteiger charge is 2.30. The molecular formula is C13H21N5O2. The first-order valence-corrected chi connectivity index (χ1v) is 6.69. The van der Waals surface area contributed by atoms with Gasteiger partial charge in [-0.3, -0.25) is 9.25 Å². The molecule has 20 heavy (non-hydrogen) atoms. The van der Waals surface area contributed by atoms with Gasteiger partial charge in [-0.1, -0.05) is 20.8 Å². The summed E-state index contributed by atoms with van der Waals surface area (Å²) in [6.45, 7) is 5.91. The predicted molar refractivity (Wildman–Crippen MR) is 76.2 cm³/mol. The number of hydrogen-bond acceptors (Lipinski definition) is 5. The smallest absolute Gasteiger partial charge is 0.329 e. The molecule has 0 aliphatic carbocycles. The summed E-state index contributed by atoms with van der Waals surface area (Å²) in [4.78, 5) is 16.5. The maximum Gasteiger partial charge on any atom is 0.329 e.